The van der Waals surface area contributed by atoms with Crippen molar-refractivity contribution in [1.29, 1.82) is 0 Å². The molecule has 0 saturated carbocycles. The molecule has 9 nitrogen and oxygen atoms in total. The molecule has 0 radical (unpaired) electrons. The molecule has 0 aliphatic carbocycles. The summed E-state index contributed by atoms with van der Waals surface area (Å²) >= 11 is 0. The summed E-state index contributed by atoms with van der Waals surface area (Å²) in [4.78, 5) is 44.6. The van der Waals surface area contributed by atoms with Crippen molar-refractivity contribution in [3.05, 3.63) is 48.6 Å². The largest absolute Gasteiger partial charge is 0.497 e. The number of aliphatic hydroxyl groups is 1. The van der Waals surface area contributed by atoms with Gasteiger partial charge in [-0.3, -0.25) is 14.4 Å². The molecule has 192 valence electrons. The van der Waals surface area contributed by atoms with Gasteiger partial charge in [-0.15, -0.1) is 0 Å². The predicted octanol–water partition coefficient (Wildman–Crippen LogP) is 1.84. The van der Waals surface area contributed by atoms with Gasteiger partial charge in [0.15, 0.2) is 0 Å². The lowest BCUT2D eigenvalue weighted by atomic mass is 9.74. The van der Waals surface area contributed by atoms with Crippen molar-refractivity contribution < 1.29 is 33.7 Å². The maximum atomic E-state index is 14.2. The van der Waals surface area contributed by atoms with E-state index in [1.165, 1.54) is 4.90 Å². The fourth-order valence-corrected chi connectivity index (χ4v) is 6.11. The zero-order valence-electron chi connectivity index (χ0n) is 20.6. The number of nitrogens with zero attached hydrogens (tertiary/aromatic N) is 2. The normalized spacial score (nSPS) is 34.6. The van der Waals surface area contributed by atoms with E-state index in [1.54, 1.807) is 49.3 Å². The average Bonchev–Trinajstić information content (AvgIpc) is 3.22. The van der Waals surface area contributed by atoms with Crippen LogP contribution >= 0.6 is 0 Å². The van der Waals surface area contributed by atoms with Gasteiger partial charge in [-0.1, -0.05) is 24.3 Å². The fraction of sp³-hybridized carbons (Fsp3) is 0.519. The minimum Gasteiger partial charge on any atom is -0.497 e. The van der Waals surface area contributed by atoms with Crippen LogP contribution < -0.4 is 9.64 Å². The molecule has 1 aromatic rings. The minimum absolute atomic E-state index is 0.132. The summed E-state index contributed by atoms with van der Waals surface area (Å²) in [7, 11) is 1.57. The number of benzene rings is 1. The topological polar surface area (TPSA) is 106 Å². The summed E-state index contributed by atoms with van der Waals surface area (Å²) in [5.41, 5.74) is -1.79. The molecule has 36 heavy (non-hydrogen) atoms. The molecule has 2 saturated heterocycles. The highest BCUT2D eigenvalue weighted by atomic mass is 16.6. The van der Waals surface area contributed by atoms with Crippen LogP contribution in [0.5, 0.6) is 5.75 Å². The number of rotatable bonds is 5. The molecule has 5 atom stereocenters. The first-order chi connectivity index (χ1) is 17.4. The Labute approximate surface area is 210 Å². The first-order valence-electron chi connectivity index (χ1n) is 12.5. The molecule has 1 N–H and O–H groups in total. The Balaban J connectivity index is 1.61. The second-order valence-electron chi connectivity index (χ2n) is 9.87. The number of carbonyl (C=O) groups excluding carboxylic acids is 3. The van der Waals surface area contributed by atoms with E-state index < -0.39 is 35.0 Å². The molecule has 4 aliphatic rings. The Morgan fingerprint density at radius 3 is 2.58 bits per heavy atom. The Hall–Kier alpha value is -3.17. The summed E-state index contributed by atoms with van der Waals surface area (Å²) in [6, 6.07) is 6.15. The highest BCUT2D eigenvalue weighted by Gasteiger charge is 2.74. The number of carbonyl (C=O) groups is 3. The Kier molecular flexibility index (Phi) is 6.38. The molecule has 2 amide bonds. The van der Waals surface area contributed by atoms with Gasteiger partial charge >= 0.3 is 5.97 Å². The van der Waals surface area contributed by atoms with Crippen molar-refractivity contribution in [2.75, 3.05) is 38.3 Å². The molecule has 0 aromatic heterocycles. The number of ether oxygens (including phenoxy) is 3. The molecule has 2 fully saturated rings. The van der Waals surface area contributed by atoms with E-state index in [1.807, 2.05) is 18.2 Å². The second kappa shape index (κ2) is 9.37. The van der Waals surface area contributed by atoms with Gasteiger partial charge < -0.3 is 29.1 Å². The number of likely N-dealkylation sites (tertiary alicyclic amines) is 1. The number of anilines is 1. The van der Waals surface area contributed by atoms with Gasteiger partial charge in [0.05, 0.1) is 25.2 Å². The molecular formula is C27H32N2O7. The highest BCUT2D eigenvalue weighted by Crippen LogP contribution is 2.57. The van der Waals surface area contributed by atoms with Crippen molar-refractivity contribution in [2.24, 2.45) is 11.8 Å². The average molecular weight is 497 g/mol. The van der Waals surface area contributed by atoms with E-state index in [-0.39, 0.29) is 38.1 Å². The molecule has 0 bridgehead atoms. The number of methoxy groups -OCH3 is 1. The van der Waals surface area contributed by atoms with E-state index >= 15 is 0 Å². The lowest BCUT2D eigenvalue weighted by Crippen LogP contribution is -2.56. The van der Waals surface area contributed by atoms with Gasteiger partial charge in [0.1, 0.15) is 23.3 Å². The summed E-state index contributed by atoms with van der Waals surface area (Å²) < 4.78 is 17.5. The van der Waals surface area contributed by atoms with Gasteiger partial charge in [0, 0.05) is 25.4 Å². The van der Waals surface area contributed by atoms with Crippen molar-refractivity contribution in [1.82, 2.24) is 4.90 Å². The van der Waals surface area contributed by atoms with E-state index in [2.05, 4.69) is 0 Å². The molecule has 1 spiro atoms. The van der Waals surface area contributed by atoms with Crippen LogP contribution in [0.3, 0.4) is 0 Å². The maximum Gasteiger partial charge on any atom is 0.313 e. The second-order valence-corrected chi connectivity index (χ2v) is 9.87. The van der Waals surface area contributed by atoms with Crippen molar-refractivity contribution in [3.8, 4) is 5.75 Å². The van der Waals surface area contributed by atoms with E-state index in [0.29, 0.717) is 24.3 Å². The highest BCUT2D eigenvalue weighted by molar-refractivity contribution is 6.05. The Morgan fingerprint density at radius 2 is 1.86 bits per heavy atom. The maximum absolute atomic E-state index is 14.2. The van der Waals surface area contributed by atoms with E-state index in [9.17, 15) is 19.5 Å². The van der Waals surface area contributed by atoms with Crippen LogP contribution in [0, 0.1) is 11.8 Å². The molecule has 4 aliphatic heterocycles. The van der Waals surface area contributed by atoms with Gasteiger partial charge in [0.25, 0.3) is 5.91 Å². The number of aliphatic hydroxyl groups excluding tert-OH is 1. The third-order valence-corrected chi connectivity index (χ3v) is 7.69. The number of esters is 1. The Bertz CT molecular complexity index is 1100. The van der Waals surface area contributed by atoms with Gasteiger partial charge in [-0.25, -0.2) is 0 Å². The van der Waals surface area contributed by atoms with Crippen LogP contribution in [0.25, 0.3) is 0 Å². The van der Waals surface area contributed by atoms with Crippen LogP contribution in [0.1, 0.15) is 26.2 Å². The van der Waals surface area contributed by atoms with Crippen LogP contribution in [-0.4, -0.2) is 78.4 Å². The Morgan fingerprint density at radius 1 is 1.08 bits per heavy atom. The van der Waals surface area contributed by atoms with Gasteiger partial charge in [0.2, 0.25) is 5.91 Å². The zero-order chi connectivity index (χ0) is 25.5. The van der Waals surface area contributed by atoms with E-state index in [0.717, 1.165) is 6.42 Å². The third-order valence-electron chi connectivity index (χ3n) is 7.69. The van der Waals surface area contributed by atoms with Crippen molar-refractivity contribution in [2.45, 2.75) is 43.4 Å². The first kappa shape index (κ1) is 24.5. The van der Waals surface area contributed by atoms with Gasteiger partial charge in [-0.05, 0) is 50.5 Å². The van der Waals surface area contributed by atoms with Crippen LogP contribution in [0.4, 0.5) is 5.69 Å². The lowest BCUT2D eigenvalue weighted by Gasteiger charge is -2.37. The summed E-state index contributed by atoms with van der Waals surface area (Å²) in [6.07, 6.45) is 9.15. The van der Waals surface area contributed by atoms with Crippen LogP contribution in [-0.2, 0) is 23.9 Å². The predicted molar refractivity (Wildman–Crippen MR) is 130 cm³/mol. The van der Waals surface area contributed by atoms with E-state index in [4.69, 9.17) is 14.2 Å². The van der Waals surface area contributed by atoms with Crippen LogP contribution in [0.15, 0.2) is 48.6 Å². The molecule has 1 unspecified atom stereocenters. The van der Waals surface area contributed by atoms with Crippen LogP contribution in [0.2, 0.25) is 0 Å². The minimum atomic E-state index is -1.34. The lowest BCUT2D eigenvalue weighted by molar-refractivity contribution is -0.158. The monoisotopic (exact) mass is 496 g/mol. The van der Waals surface area contributed by atoms with Crippen molar-refractivity contribution >= 4 is 23.5 Å². The molecular weight excluding hydrogens is 464 g/mol. The number of cyclic esters (lactones) is 1. The SMILES string of the molecule is COc1ccc(N2CC=C[C@]34O[C@]5(C)/C=C\CCCOC(=O)[C@@H]5[C@H]3C(=O)N(CCCO)C4C2=O)cc1. The number of allylic oxidation sites excluding steroid dienone is 1. The molecule has 9 heteroatoms. The molecule has 5 rings (SSSR count). The zero-order valence-corrected chi connectivity index (χ0v) is 20.6. The summed E-state index contributed by atoms with van der Waals surface area (Å²) in [6.45, 7) is 2.38. The smallest absolute Gasteiger partial charge is 0.313 e. The number of fused-ring (bicyclic) bond motifs is 2. The summed E-state index contributed by atoms with van der Waals surface area (Å²) in [5, 5.41) is 9.51. The standard InChI is InChI=1S/C27H32N2O7/c1-26-12-4-3-5-17-35-25(33)21(26)20-23(31)29(15-7-16-30)22-24(32)28(14-6-13-27(20,22)36-26)18-8-10-19(34-2)11-9-18/h4,6,8-13,20-22,30H,3,5,7,14-17H2,1-2H3/b12-4-/t20-,21-,22?,26+,27-/m0/s1. The molecule has 1 aromatic carbocycles. The summed E-state index contributed by atoms with van der Waals surface area (Å²) in [5.74, 6) is -2.27. The third kappa shape index (κ3) is 3.72. The molecule has 4 heterocycles. The van der Waals surface area contributed by atoms with Crippen molar-refractivity contribution in [3.63, 3.8) is 0 Å². The number of hydrogen-bond acceptors (Lipinski definition) is 7. The fourth-order valence-electron chi connectivity index (χ4n) is 6.11. The quantitative estimate of drug-likeness (QED) is 0.490. The first-order valence-corrected chi connectivity index (χ1v) is 12.5. The number of hydrogen-bond donors (Lipinski definition) is 1. The number of amides is 2. The van der Waals surface area contributed by atoms with Gasteiger partial charge in [-0.2, -0.15) is 0 Å².